The Bertz CT molecular complexity index is 1020. The fourth-order valence-corrected chi connectivity index (χ4v) is 3.54. The van der Waals surface area contributed by atoms with E-state index in [9.17, 15) is 14.4 Å². The van der Waals surface area contributed by atoms with E-state index in [0.29, 0.717) is 28.7 Å². The van der Waals surface area contributed by atoms with Crippen LogP contribution in [0.5, 0.6) is 11.5 Å². The zero-order valence-corrected chi connectivity index (χ0v) is 17.0. The molecule has 4 rings (SSSR count). The standard InChI is InChI=1S/C22H23N3O5/c1-13(2)14-4-7-16(8-5-14)23-19(26)11-25-20(27)22(3,24-21(25)28)15-6-9-17-18(10-15)30-12-29-17/h4-10,13H,11-12H2,1-3H3,(H,23,26)(H,24,28)/t22-/m0/s1. The van der Waals surface area contributed by atoms with Crippen molar-refractivity contribution in [3.05, 3.63) is 53.6 Å². The highest BCUT2D eigenvalue weighted by molar-refractivity contribution is 6.10. The maximum Gasteiger partial charge on any atom is 0.325 e. The molecule has 0 saturated carbocycles. The topological polar surface area (TPSA) is 97.0 Å². The number of benzene rings is 2. The Balaban J connectivity index is 1.46. The van der Waals surface area contributed by atoms with E-state index in [-0.39, 0.29) is 13.3 Å². The molecule has 2 aliphatic heterocycles. The van der Waals surface area contributed by atoms with Gasteiger partial charge in [-0.05, 0) is 48.2 Å². The molecule has 4 amide bonds. The van der Waals surface area contributed by atoms with E-state index >= 15 is 0 Å². The molecule has 2 aliphatic rings. The molecule has 0 aliphatic carbocycles. The lowest BCUT2D eigenvalue weighted by atomic mass is 9.91. The average Bonchev–Trinajstić information content (AvgIpc) is 3.27. The summed E-state index contributed by atoms with van der Waals surface area (Å²) >= 11 is 0. The number of urea groups is 1. The molecule has 8 heteroatoms. The van der Waals surface area contributed by atoms with Gasteiger partial charge in [0, 0.05) is 5.69 Å². The van der Waals surface area contributed by atoms with Crippen molar-refractivity contribution in [1.29, 1.82) is 0 Å². The van der Waals surface area contributed by atoms with Crippen molar-refractivity contribution in [2.24, 2.45) is 0 Å². The van der Waals surface area contributed by atoms with Gasteiger partial charge < -0.3 is 20.1 Å². The number of hydrogen-bond donors (Lipinski definition) is 2. The molecule has 8 nitrogen and oxygen atoms in total. The summed E-state index contributed by atoms with van der Waals surface area (Å²) < 4.78 is 10.7. The van der Waals surface area contributed by atoms with Crippen LogP contribution in [-0.4, -0.2) is 36.1 Å². The number of nitrogens with zero attached hydrogens (tertiary/aromatic N) is 1. The molecule has 0 aromatic heterocycles. The molecular formula is C22H23N3O5. The van der Waals surface area contributed by atoms with Gasteiger partial charge in [0.2, 0.25) is 12.7 Å². The highest BCUT2D eigenvalue weighted by Gasteiger charge is 2.49. The van der Waals surface area contributed by atoms with E-state index in [4.69, 9.17) is 9.47 Å². The van der Waals surface area contributed by atoms with Crippen molar-refractivity contribution in [2.75, 3.05) is 18.7 Å². The quantitative estimate of drug-likeness (QED) is 0.740. The second kappa shape index (κ2) is 7.37. The van der Waals surface area contributed by atoms with Gasteiger partial charge in [0.05, 0.1) is 0 Å². The van der Waals surface area contributed by atoms with Crippen LogP contribution in [0.15, 0.2) is 42.5 Å². The van der Waals surface area contributed by atoms with Gasteiger partial charge >= 0.3 is 6.03 Å². The number of amides is 4. The Morgan fingerprint density at radius 2 is 1.83 bits per heavy atom. The molecule has 2 heterocycles. The highest BCUT2D eigenvalue weighted by Crippen LogP contribution is 2.37. The molecule has 1 atom stereocenters. The predicted molar refractivity (Wildman–Crippen MR) is 109 cm³/mol. The summed E-state index contributed by atoms with van der Waals surface area (Å²) in [6, 6.07) is 11.9. The Morgan fingerprint density at radius 1 is 1.13 bits per heavy atom. The normalized spacial score (nSPS) is 19.9. The summed E-state index contributed by atoms with van der Waals surface area (Å²) in [4.78, 5) is 38.9. The van der Waals surface area contributed by atoms with Gasteiger partial charge in [-0.1, -0.05) is 32.0 Å². The molecule has 156 valence electrons. The number of carbonyl (C=O) groups excluding carboxylic acids is 3. The lowest BCUT2D eigenvalue weighted by Gasteiger charge is -2.22. The second-order valence-corrected chi connectivity index (χ2v) is 7.84. The number of ether oxygens (including phenoxy) is 2. The monoisotopic (exact) mass is 409 g/mol. The summed E-state index contributed by atoms with van der Waals surface area (Å²) in [6.07, 6.45) is 0. The predicted octanol–water partition coefficient (Wildman–Crippen LogP) is 2.94. The van der Waals surface area contributed by atoms with Crippen LogP contribution in [-0.2, 0) is 15.1 Å². The third kappa shape index (κ3) is 3.45. The van der Waals surface area contributed by atoms with Crippen LogP contribution >= 0.6 is 0 Å². The summed E-state index contributed by atoms with van der Waals surface area (Å²) in [5.41, 5.74) is 1.02. The minimum atomic E-state index is -1.29. The van der Waals surface area contributed by atoms with E-state index in [1.807, 2.05) is 12.1 Å². The SMILES string of the molecule is CC(C)c1ccc(NC(=O)CN2C(=O)N[C@@](C)(c3ccc4c(c3)OCO4)C2=O)cc1. The molecule has 30 heavy (non-hydrogen) atoms. The van der Waals surface area contributed by atoms with E-state index in [1.54, 1.807) is 37.3 Å². The Kier molecular flexibility index (Phi) is 4.85. The first-order chi connectivity index (χ1) is 14.3. The van der Waals surface area contributed by atoms with Crippen molar-refractivity contribution in [2.45, 2.75) is 32.2 Å². The number of fused-ring (bicyclic) bond motifs is 1. The molecule has 0 bridgehead atoms. The summed E-state index contributed by atoms with van der Waals surface area (Å²) in [7, 11) is 0. The number of carbonyl (C=O) groups is 3. The first-order valence-electron chi connectivity index (χ1n) is 9.72. The van der Waals surface area contributed by atoms with E-state index in [0.717, 1.165) is 10.5 Å². The number of imide groups is 1. The average molecular weight is 409 g/mol. The first kappa shape index (κ1) is 19.8. The third-order valence-electron chi connectivity index (χ3n) is 5.39. The van der Waals surface area contributed by atoms with E-state index in [2.05, 4.69) is 24.5 Å². The molecule has 0 unspecified atom stereocenters. The maximum absolute atomic E-state index is 13.0. The Hall–Kier alpha value is -3.55. The molecule has 0 radical (unpaired) electrons. The Labute approximate surface area is 174 Å². The molecule has 2 N–H and O–H groups in total. The van der Waals surface area contributed by atoms with Crippen molar-refractivity contribution in [3.8, 4) is 11.5 Å². The van der Waals surface area contributed by atoms with Crippen molar-refractivity contribution < 1.29 is 23.9 Å². The smallest absolute Gasteiger partial charge is 0.325 e. The number of rotatable bonds is 5. The van der Waals surface area contributed by atoms with Gasteiger partial charge in [0.15, 0.2) is 11.5 Å². The van der Waals surface area contributed by atoms with E-state index < -0.39 is 23.4 Å². The summed E-state index contributed by atoms with van der Waals surface area (Å²) in [6.45, 7) is 5.51. The van der Waals surface area contributed by atoms with Gasteiger partial charge in [-0.15, -0.1) is 0 Å². The molecular weight excluding hydrogens is 386 g/mol. The molecule has 1 fully saturated rings. The van der Waals surface area contributed by atoms with E-state index in [1.165, 1.54) is 0 Å². The van der Waals surface area contributed by atoms with Gasteiger partial charge in [0.1, 0.15) is 12.1 Å². The molecule has 2 aromatic rings. The lowest BCUT2D eigenvalue weighted by Crippen LogP contribution is -2.42. The van der Waals surface area contributed by atoms with Crippen molar-refractivity contribution in [3.63, 3.8) is 0 Å². The van der Waals surface area contributed by atoms with Gasteiger partial charge in [-0.25, -0.2) is 4.79 Å². The van der Waals surface area contributed by atoms with Crippen molar-refractivity contribution in [1.82, 2.24) is 10.2 Å². The van der Waals surface area contributed by atoms with Crippen LogP contribution in [0.25, 0.3) is 0 Å². The van der Waals surface area contributed by atoms with Gasteiger partial charge in [-0.3, -0.25) is 14.5 Å². The maximum atomic E-state index is 13.0. The van der Waals surface area contributed by atoms with Crippen LogP contribution in [0, 0.1) is 0 Å². The molecule has 1 saturated heterocycles. The number of hydrogen-bond acceptors (Lipinski definition) is 5. The number of anilines is 1. The summed E-state index contributed by atoms with van der Waals surface area (Å²) in [5.74, 6) is 0.521. The van der Waals surface area contributed by atoms with Crippen molar-refractivity contribution >= 4 is 23.5 Å². The fourth-order valence-electron chi connectivity index (χ4n) is 3.54. The van der Waals surface area contributed by atoms with Gasteiger partial charge in [-0.2, -0.15) is 0 Å². The first-order valence-corrected chi connectivity index (χ1v) is 9.72. The van der Waals surface area contributed by atoms with Gasteiger partial charge in [0.25, 0.3) is 5.91 Å². The van der Waals surface area contributed by atoms with Crippen LogP contribution in [0.2, 0.25) is 0 Å². The van der Waals surface area contributed by atoms with Crippen LogP contribution < -0.4 is 20.1 Å². The zero-order chi connectivity index (χ0) is 21.5. The van der Waals surface area contributed by atoms with Crippen LogP contribution in [0.1, 0.15) is 37.8 Å². The largest absolute Gasteiger partial charge is 0.454 e. The fraction of sp³-hybridized carbons (Fsp3) is 0.318. The summed E-state index contributed by atoms with van der Waals surface area (Å²) in [5, 5.41) is 5.42. The second-order valence-electron chi connectivity index (χ2n) is 7.84. The third-order valence-corrected chi connectivity index (χ3v) is 5.39. The minimum absolute atomic E-state index is 0.111. The molecule has 0 spiro atoms. The minimum Gasteiger partial charge on any atom is -0.454 e. The van der Waals surface area contributed by atoms with Crippen LogP contribution in [0.4, 0.5) is 10.5 Å². The Morgan fingerprint density at radius 3 is 2.53 bits per heavy atom. The number of nitrogens with one attached hydrogen (secondary N) is 2. The zero-order valence-electron chi connectivity index (χ0n) is 17.0. The lowest BCUT2D eigenvalue weighted by molar-refractivity contribution is -0.133. The highest BCUT2D eigenvalue weighted by atomic mass is 16.7. The van der Waals surface area contributed by atoms with Crippen LogP contribution in [0.3, 0.4) is 0 Å². The molecule has 2 aromatic carbocycles.